The van der Waals surface area contributed by atoms with Crippen LogP contribution < -0.4 is 4.74 Å². The number of hydrogen-bond acceptors (Lipinski definition) is 3. The summed E-state index contributed by atoms with van der Waals surface area (Å²) in [5.74, 6) is 0.803. The third-order valence-electron chi connectivity index (χ3n) is 2.69. The summed E-state index contributed by atoms with van der Waals surface area (Å²) < 4.78 is 16.5. The molecule has 0 saturated heterocycles. The molecule has 1 rings (SSSR count). The zero-order valence-corrected chi connectivity index (χ0v) is 12.2. The number of benzene rings is 1. The first kappa shape index (κ1) is 16.5. The van der Waals surface area contributed by atoms with E-state index < -0.39 is 0 Å². The summed E-state index contributed by atoms with van der Waals surface area (Å²) in [6.07, 6.45) is 5.25. The van der Waals surface area contributed by atoms with Crippen molar-refractivity contribution in [1.29, 1.82) is 0 Å². The summed E-state index contributed by atoms with van der Waals surface area (Å²) in [4.78, 5) is 0. The highest BCUT2D eigenvalue weighted by Crippen LogP contribution is 2.14. The third-order valence-corrected chi connectivity index (χ3v) is 2.69. The van der Waals surface area contributed by atoms with Crippen molar-refractivity contribution in [2.24, 2.45) is 0 Å². The Kier molecular flexibility index (Phi) is 8.43. The molecule has 20 heavy (non-hydrogen) atoms. The Labute approximate surface area is 121 Å². The van der Waals surface area contributed by atoms with Gasteiger partial charge in [0.25, 0.3) is 0 Å². The zero-order valence-electron chi connectivity index (χ0n) is 12.2. The molecule has 0 spiro atoms. The fraction of sp³-hybridized carbons (Fsp3) is 0.412. The van der Waals surface area contributed by atoms with Crippen molar-refractivity contribution in [3.8, 4) is 5.75 Å². The lowest BCUT2D eigenvalue weighted by atomic mass is 10.2. The van der Waals surface area contributed by atoms with Crippen LogP contribution in [0.15, 0.2) is 43.5 Å². The highest BCUT2D eigenvalue weighted by Gasteiger charge is 2.03. The number of ether oxygens (including phenoxy) is 3. The molecule has 0 aromatic heterocycles. The maximum absolute atomic E-state index is 5.66. The van der Waals surface area contributed by atoms with Gasteiger partial charge < -0.3 is 14.2 Å². The summed E-state index contributed by atoms with van der Waals surface area (Å²) in [6.45, 7) is 11.2. The number of hydrogen-bond donors (Lipinski definition) is 0. The summed E-state index contributed by atoms with van der Waals surface area (Å²) in [7, 11) is 0. The molecule has 0 N–H and O–H groups in total. The smallest absolute Gasteiger partial charge is 0.196 e. The van der Waals surface area contributed by atoms with E-state index in [2.05, 4.69) is 13.2 Å². The van der Waals surface area contributed by atoms with Crippen molar-refractivity contribution < 1.29 is 14.2 Å². The predicted octanol–water partition coefficient (Wildman–Crippen LogP) is 4.05. The van der Waals surface area contributed by atoms with E-state index in [9.17, 15) is 0 Å². The molecular formula is C17H24O3. The molecule has 0 radical (unpaired) electrons. The van der Waals surface area contributed by atoms with Gasteiger partial charge in [0, 0.05) is 6.61 Å². The van der Waals surface area contributed by atoms with Gasteiger partial charge in [-0.2, -0.15) is 0 Å². The van der Waals surface area contributed by atoms with Gasteiger partial charge in [0.1, 0.15) is 5.75 Å². The first-order valence-electron chi connectivity index (χ1n) is 6.95. The first-order chi connectivity index (χ1) is 9.76. The van der Waals surface area contributed by atoms with E-state index in [0.29, 0.717) is 13.2 Å². The zero-order chi connectivity index (χ0) is 14.6. The van der Waals surface area contributed by atoms with E-state index in [1.165, 1.54) is 0 Å². The minimum Gasteiger partial charge on any atom is -0.465 e. The molecule has 0 fully saturated rings. The molecule has 1 unspecified atom stereocenters. The van der Waals surface area contributed by atoms with Crippen molar-refractivity contribution >= 4 is 6.08 Å². The average molecular weight is 276 g/mol. The Bertz CT molecular complexity index is 384. The second kappa shape index (κ2) is 10.2. The maximum Gasteiger partial charge on any atom is 0.196 e. The van der Waals surface area contributed by atoms with Crippen LogP contribution in [0.5, 0.6) is 5.75 Å². The Morgan fingerprint density at radius 1 is 1.10 bits per heavy atom. The lowest BCUT2D eigenvalue weighted by molar-refractivity contribution is -0.0685. The van der Waals surface area contributed by atoms with Gasteiger partial charge in [-0.25, -0.2) is 0 Å². The molecule has 0 aliphatic rings. The Hall–Kier alpha value is -1.58. The third kappa shape index (κ3) is 7.12. The van der Waals surface area contributed by atoms with Crippen molar-refractivity contribution in [1.82, 2.24) is 0 Å². The predicted molar refractivity (Wildman–Crippen MR) is 82.8 cm³/mol. The van der Waals surface area contributed by atoms with E-state index in [1.54, 1.807) is 12.2 Å². The largest absolute Gasteiger partial charge is 0.465 e. The minimum absolute atomic E-state index is 0.251. The molecule has 1 atom stereocenters. The molecule has 0 bridgehead atoms. The van der Waals surface area contributed by atoms with Crippen LogP contribution in [0, 0.1) is 0 Å². The summed E-state index contributed by atoms with van der Waals surface area (Å²) >= 11 is 0. The standard InChI is InChI=1S/C17H24O3/c1-4-12-18-13-6-7-14-19-15(3)20-17-10-8-16(5-2)9-11-17/h4-5,8-11,15H,1-2,6-7,12-14H2,3H3. The molecule has 3 heteroatoms. The summed E-state index contributed by atoms with van der Waals surface area (Å²) in [6, 6.07) is 7.76. The van der Waals surface area contributed by atoms with E-state index in [-0.39, 0.29) is 6.29 Å². The fourth-order valence-electron chi connectivity index (χ4n) is 1.63. The average Bonchev–Trinajstić information content (AvgIpc) is 2.47. The minimum atomic E-state index is -0.251. The van der Waals surface area contributed by atoms with Gasteiger partial charge >= 0.3 is 0 Å². The monoisotopic (exact) mass is 276 g/mol. The van der Waals surface area contributed by atoms with Crippen LogP contribution in [0.3, 0.4) is 0 Å². The van der Waals surface area contributed by atoms with Crippen molar-refractivity contribution in [3.05, 3.63) is 49.1 Å². The van der Waals surface area contributed by atoms with Crippen molar-refractivity contribution in [2.75, 3.05) is 19.8 Å². The summed E-state index contributed by atoms with van der Waals surface area (Å²) in [5.41, 5.74) is 1.07. The second-order valence-corrected chi connectivity index (χ2v) is 4.40. The van der Waals surface area contributed by atoms with Crippen LogP contribution in [-0.4, -0.2) is 26.1 Å². The van der Waals surface area contributed by atoms with Crippen LogP contribution in [0.2, 0.25) is 0 Å². The molecule has 110 valence electrons. The van der Waals surface area contributed by atoms with Gasteiger partial charge in [-0.3, -0.25) is 0 Å². The van der Waals surface area contributed by atoms with Crippen LogP contribution in [0.1, 0.15) is 25.3 Å². The summed E-state index contributed by atoms with van der Waals surface area (Å²) in [5, 5.41) is 0. The molecule has 1 aromatic carbocycles. The SMILES string of the molecule is C=CCOCCCCOC(C)Oc1ccc(C=C)cc1. The van der Waals surface area contributed by atoms with Gasteiger partial charge in [0.2, 0.25) is 0 Å². The molecule has 0 saturated carbocycles. The van der Waals surface area contributed by atoms with Gasteiger partial charge in [-0.15, -0.1) is 6.58 Å². The van der Waals surface area contributed by atoms with Gasteiger partial charge in [-0.1, -0.05) is 30.9 Å². The first-order valence-corrected chi connectivity index (χ1v) is 6.95. The molecule has 0 amide bonds. The molecule has 0 aliphatic heterocycles. The van der Waals surface area contributed by atoms with Gasteiger partial charge in [-0.05, 0) is 37.5 Å². The molecule has 0 aliphatic carbocycles. The molecular weight excluding hydrogens is 252 g/mol. The lowest BCUT2D eigenvalue weighted by Crippen LogP contribution is -2.17. The Balaban J connectivity index is 2.11. The second-order valence-electron chi connectivity index (χ2n) is 4.40. The van der Waals surface area contributed by atoms with Crippen LogP contribution in [-0.2, 0) is 9.47 Å². The Morgan fingerprint density at radius 2 is 1.80 bits per heavy atom. The van der Waals surface area contributed by atoms with E-state index in [1.807, 2.05) is 31.2 Å². The topological polar surface area (TPSA) is 27.7 Å². The van der Waals surface area contributed by atoms with Crippen LogP contribution >= 0.6 is 0 Å². The van der Waals surface area contributed by atoms with Gasteiger partial charge in [0.05, 0.1) is 13.2 Å². The molecule has 3 nitrogen and oxygen atoms in total. The van der Waals surface area contributed by atoms with Gasteiger partial charge in [0.15, 0.2) is 6.29 Å². The lowest BCUT2D eigenvalue weighted by Gasteiger charge is -2.15. The quantitative estimate of drug-likeness (QED) is 0.346. The Morgan fingerprint density at radius 3 is 2.45 bits per heavy atom. The van der Waals surface area contributed by atoms with E-state index in [4.69, 9.17) is 14.2 Å². The molecule has 0 heterocycles. The number of rotatable bonds is 11. The van der Waals surface area contributed by atoms with E-state index in [0.717, 1.165) is 30.8 Å². The van der Waals surface area contributed by atoms with Crippen molar-refractivity contribution in [2.45, 2.75) is 26.1 Å². The maximum atomic E-state index is 5.66. The normalized spacial score (nSPS) is 11.8. The fourth-order valence-corrected chi connectivity index (χ4v) is 1.63. The number of unbranched alkanes of at least 4 members (excludes halogenated alkanes) is 1. The highest BCUT2D eigenvalue weighted by molar-refractivity contribution is 5.48. The van der Waals surface area contributed by atoms with E-state index >= 15 is 0 Å². The highest BCUT2D eigenvalue weighted by atomic mass is 16.7. The molecule has 1 aromatic rings. The van der Waals surface area contributed by atoms with Crippen LogP contribution in [0.4, 0.5) is 0 Å². The van der Waals surface area contributed by atoms with Crippen molar-refractivity contribution in [3.63, 3.8) is 0 Å². The van der Waals surface area contributed by atoms with Crippen LogP contribution in [0.25, 0.3) is 6.08 Å².